The van der Waals surface area contributed by atoms with Gasteiger partial charge in [0, 0.05) is 11.9 Å². The van der Waals surface area contributed by atoms with Crippen molar-refractivity contribution in [2.24, 2.45) is 0 Å². The molecule has 0 aliphatic heterocycles. The van der Waals surface area contributed by atoms with Gasteiger partial charge in [0.15, 0.2) is 0 Å². The molecule has 0 saturated heterocycles. The Morgan fingerprint density at radius 1 is 0.958 bits per heavy atom. The molecule has 3 rings (SSSR count). The van der Waals surface area contributed by atoms with Crippen LogP contribution >= 0.6 is 23.2 Å². The average molecular weight is 356 g/mol. The lowest BCUT2D eigenvalue weighted by Crippen LogP contribution is -2.01. The number of anilines is 4. The van der Waals surface area contributed by atoms with Crippen molar-refractivity contribution in [3.63, 3.8) is 0 Å². The number of halogens is 2. The molecule has 0 saturated carbocycles. The van der Waals surface area contributed by atoms with Gasteiger partial charge in [0.2, 0.25) is 5.95 Å². The Hall–Kier alpha value is -2.81. The molecule has 0 amide bonds. The minimum atomic E-state index is 0.378. The highest BCUT2D eigenvalue weighted by Crippen LogP contribution is 2.27. The SMILES string of the molecule is N#Cc1ccccc1Nc1nccc(Nc2ccc(Cl)c(Cl)c2)n1. The van der Waals surface area contributed by atoms with E-state index in [0.29, 0.717) is 33.1 Å². The van der Waals surface area contributed by atoms with Gasteiger partial charge in [0.25, 0.3) is 0 Å². The molecule has 24 heavy (non-hydrogen) atoms. The molecular weight excluding hydrogens is 345 g/mol. The molecule has 0 spiro atoms. The molecule has 0 atom stereocenters. The molecule has 118 valence electrons. The van der Waals surface area contributed by atoms with Crippen LogP contribution in [-0.4, -0.2) is 9.97 Å². The van der Waals surface area contributed by atoms with E-state index in [1.807, 2.05) is 6.07 Å². The maximum Gasteiger partial charge on any atom is 0.229 e. The van der Waals surface area contributed by atoms with E-state index in [4.69, 9.17) is 28.5 Å². The van der Waals surface area contributed by atoms with E-state index in [-0.39, 0.29) is 0 Å². The molecule has 5 nitrogen and oxygen atoms in total. The number of nitrogens with zero attached hydrogens (tertiary/aromatic N) is 3. The number of benzene rings is 2. The van der Waals surface area contributed by atoms with E-state index in [1.165, 1.54) is 0 Å². The fraction of sp³-hybridized carbons (Fsp3) is 0. The molecule has 2 aromatic carbocycles. The van der Waals surface area contributed by atoms with E-state index in [1.54, 1.807) is 48.7 Å². The Morgan fingerprint density at radius 3 is 2.58 bits per heavy atom. The zero-order valence-electron chi connectivity index (χ0n) is 12.3. The second-order valence-corrected chi connectivity index (χ2v) is 5.62. The lowest BCUT2D eigenvalue weighted by Gasteiger charge is -2.09. The van der Waals surface area contributed by atoms with E-state index >= 15 is 0 Å². The van der Waals surface area contributed by atoms with Crippen LogP contribution < -0.4 is 10.6 Å². The number of para-hydroxylation sites is 1. The summed E-state index contributed by atoms with van der Waals surface area (Å²) in [5.41, 5.74) is 1.92. The Morgan fingerprint density at radius 2 is 1.79 bits per heavy atom. The first-order valence-electron chi connectivity index (χ1n) is 6.97. The average Bonchev–Trinajstić information content (AvgIpc) is 2.59. The molecule has 3 aromatic rings. The number of hydrogen-bond acceptors (Lipinski definition) is 5. The van der Waals surface area contributed by atoms with Gasteiger partial charge in [-0.05, 0) is 36.4 Å². The van der Waals surface area contributed by atoms with Crippen molar-refractivity contribution in [1.29, 1.82) is 5.26 Å². The minimum Gasteiger partial charge on any atom is -0.340 e. The highest BCUT2D eigenvalue weighted by atomic mass is 35.5. The zero-order valence-corrected chi connectivity index (χ0v) is 13.8. The molecule has 0 aliphatic carbocycles. The van der Waals surface area contributed by atoms with Gasteiger partial charge >= 0.3 is 0 Å². The van der Waals surface area contributed by atoms with E-state index in [0.717, 1.165) is 5.69 Å². The van der Waals surface area contributed by atoms with Crippen LogP contribution in [0.4, 0.5) is 23.1 Å². The van der Waals surface area contributed by atoms with Crippen LogP contribution in [0.2, 0.25) is 10.0 Å². The molecule has 0 unspecified atom stereocenters. The van der Waals surface area contributed by atoms with E-state index in [9.17, 15) is 0 Å². The summed E-state index contributed by atoms with van der Waals surface area (Å²) in [5, 5.41) is 16.2. The summed E-state index contributed by atoms with van der Waals surface area (Å²) in [6.07, 6.45) is 1.62. The summed E-state index contributed by atoms with van der Waals surface area (Å²) in [4.78, 5) is 8.54. The summed E-state index contributed by atoms with van der Waals surface area (Å²) in [6, 6.07) is 16.2. The van der Waals surface area contributed by atoms with Crippen molar-refractivity contribution >= 4 is 46.3 Å². The van der Waals surface area contributed by atoms with Crippen molar-refractivity contribution in [2.45, 2.75) is 0 Å². The van der Waals surface area contributed by atoms with Crippen molar-refractivity contribution in [3.8, 4) is 6.07 Å². The third kappa shape index (κ3) is 3.74. The number of hydrogen-bond donors (Lipinski definition) is 2. The Kier molecular flexibility index (Phi) is 4.80. The predicted octanol–water partition coefficient (Wildman–Crippen LogP) is 5.14. The van der Waals surface area contributed by atoms with Crippen LogP contribution in [0.5, 0.6) is 0 Å². The van der Waals surface area contributed by atoms with Gasteiger partial charge in [-0.1, -0.05) is 35.3 Å². The standard InChI is InChI=1S/C17H11Cl2N5/c18-13-6-5-12(9-14(13)19)22-16-7-8-21-17(24-16)23-15-4-2-1-3-11(15)10-20/h1-9H,(H2,21,22,23,24). The van der Waals surface area contributed by atoms with Gasteiger partial charge < -0.3 is 10.6 Å². The normalized spacial score (nSPS) is 10.0. The summed E-state index contributed by atoms with van der Waals surface area (Å²) in [5.74, 6) is 0.961. The summed E-state index contributed by atoms with van der Waals surface area (Å²) < 4.78 is 0. The number of nitrogens with one attached hydrogen (secondary N) is 2. The molecule has 2 N–H and O–H groups in total. The lowest BCUT2D eigenvalue weighted by molar-refractivity contribution is 1.16. The number of nitriles is 1. The fourth-order valence-corrected chi connectivity index (χ4v) is 2.32. The Balaban J connectivity index is 1.81. The first-order valence-corrected chi connectivity index (χ1v) is 7.72. The first-order chi connectivity index (χ1) is 11.7. The zero-order chi connectivity index (χ0) is 16.9. The number of aromatic nitrogens is 2. The maximum atomic E-state index is 9.13. The van der Waals surface area contributed by atoms with Gasteiger partial charge in [0.1, 0.15) is 11.9 Å². The van der Waals surface area contributed by atoms with Crippen LogP contribution in [0, 0.1) is 11.3 Å². The molecule has 1 aromatic heterocycles. The van der Waals surface area contributed by atoms with Gasteiger partial charge in [-0.15, -0.1) is 0 Å². The predicted molar refractivity (Wildman–Crippen MR) is 96.2 cm³/mol. The minimum absolute atomic E-state index is 0.378. The Labute approximate surface area is 148 Å². The van der Waals surface area contributed by atoms with Crippen LogP contribution in [0.3, 0.4) is 0 Å². The molecular formula is C17H11Cl2N5. The summed E-state index contributed by atoms with van der Waals surface area (Å²) in [6.45, 7) is 0. The van der Waals surface area contributed by atoms with Gasteiger partial charge in [-0.2, -0.15) is 10.2 Å². The quantitative estimate of drug-likeness (QED) is 0.677. The molecule has 0 radical (unpaired) electrons. The number of rotatable bonds is 4. The highest BCUT2D eigenvalue weighted by molar-refractivity contribution is 6.42. The first kappa shape index (κ1) is 16.1. The van der Waals surface area contributed by atoms with Crippen molar-refractivity contribution in [1.82, 2.24) is 9.97 Å². The molecule has 0 fully saturated rings. The molecule has 0 aliphatic rings. The largest absolute Gasteiger partial charge is 0.340 e. The molecule has 1 heterocycles. The lowest BCUT2D eigenvalue weighted by atomic mass is 10.2. The smallest absolute Gasteiger partial charge is 0.229 e. The highest BCUT2D eigenvalue weighted by Gasteiger charge is 2.05. The monoisotopic (exact) mass is 355 g/mol. The van der Waals surface area contributed by atoms with Gasteiger partial charge in [0.05, 0.1) is 21.3 Å². The second-order valence-electron chi connectivity index (χ2n) is 4.80. The van der Waals surface area contributed by atoms with Crippen molar-refractivity contribution in [3.05, 3.63) is 70.3 Å². The molecule has 7 heteroatoms. The van der Waals surface area contributed by atoms with Gasteiger partial charge in [-0.25, -0.2) is 4.98 Å². The van der Waals surface area contributed by atoms with E-state index in [2.05, 4.69) is 26.7 Å². The third-order valence-electron chi connectivity index (χ3n) is 3.14. The maximum absolute atomic E-state index is 9.13. The van der Waals surface area contributed by atoms with Crippen LogP contribution in [-0.2, 0) is 0 Å². The van der Waals surface area contributed by atoms with Crippen LogP contribution in [0.15, 0.2) is 54.7 Å². The van der Waals surface area contributed by atoms with Crippen molar-refractivity contribution in [2.75, 3.05) is 10.6 Å². The Bertz CT molecular complexity index is 921. The third-order valence-corrected chi connectivity index (χ3v) is 3.88. The fourth-order valence-electron chi connectivity index (χ4n) is 2.02. The second kappa shape index (κ2) is 7.18. The van der Waals surface area contributed by atoms with E-state index < -0.39 is 0 Å². The van der Waals surface area contributed by atoms with Crippen LogP contribution in [0.1, 0.15) is 5.56 Å². The molecule has 0 bridgehead atoms. The topological polar surface area (TPSA) is 73.6 Å². The van der Waals surface area contributed by atoms with Gasteiger partial charge in [-0.3, -0.25) is 0 Å². The van der Waals surface area contributed by atoms with Crippen LogP contribution in [0.25, 0.3) is 0 Å². The summed E-state index contributed by atoms with van der Waals surface area (Å²) in [7, 11) is 0. The van der Waals surface area contributed by atoms with Crippen molar-refractivity contribution < 1.29 is 0 Å². The summed E-state index contributed by atoms with van der Waals surface area (Å²) >= 11 is 11.9.